The number of para-hydroxylation sites is 2. The van der Waals surface area contributed by atoms with Gasteiger partial charge in [0.25, 0.3) is 11.8 Å². The van der Waals surface area contributed by atoms with Crippen LogP contribution in [0.25, 0.3) is 0 Å². The second kappa shape index (κ2) is 13.5. The van der Waals surface area contributed by atoms with Crippen molar-refractivity contribution in [1.29, 1.82) is 0 Å². The minimum Gasteiger partial charge on any atom is -0.490 e. The number of nitrogens with zero attached hydrogens (tertiary/aromatic N) is 1. The van der Waals surface area contributed by atoms with Gasteiger partial charge in [0.2, 0.25) is 0 Å². The molecule has 36 heavy (non-hydrogen) atoms. The summed E-state index contributed by atoms with van der Waals surface area (Å²) in [6.07, 6.45) is 0. The molecule has 0 aliphatic rings. The first kappa shape index (κ1) is 26.3. The Hall–Kier alpha value is -4.33. The Kier molecular flexibility index (Phi) is 9.88. The zero-order chi connectivity index (χ0) is 25.8. The van der Waals surface area contributed by atoms with Crippen molar-refractivity contribution in [2.24, 2.45) is 0 Å². The lowest BCUT2D eigenvalue weighted by Gasteiger charge is -2.18. The Balaban J connectivity index is 1.47. The van der Waals surface area contributed by atoms with E-state index in [1.807, 2.05) is 44.2 Å². The van der Waals surface area contributed by atoms with Crippen molar-refractivity contribution in [3.63, 3.8) is 0 Å². The molecule has 0 radical (unpaired) electrons. The van der Waals surface area contributed by atoms with E-state index in [1.54, 1.807) is 53.4 Å². The topological polar surface area (TPSA) is 94.2 Å². The fourth-order valence-corrected chi connectivity index (χ4v) is 3.38. The van der Waals surface area contributed by atoms with E-state index >= 15 is 0 Å². The van der Waals surface area contributed by atoms with Gasteiger partial charge in [0.1, 0.15) is 30.3 Å². The fourth-order valence-electron chi connectivity index (χ4n) is 3.38. The highest BCUT2D eigenvalue weighted by atomic mass is 16.5. The summed E-state index contributed by atoms with van der Waals surface area (Å²) in [6.45, 7) is 5.14. The number of hydrogen-bond acceptors (Lipinski definition) is 6. The van der Waals surface area contributed by atoms with E-state index in [-0.39, 0.29) is 18.1 Å². The van der Waals surface area contributed by atoms with Crippen molar-refractivity contribution in [1.82, 2.24) is 4.90 Å². The van der Waals surface area contributed by atoms with Gasteiger partial charge in [-0.3, -0.25) is 9.59 Å². The predicted molar refractivity (Wildman–Crippen MR) is 136 cm³/mol. The summed E-state index contributed by atoms with van der Waals surface area (Å²) in [5.74, 6) is -0.178. The first-order valence-corrected chi connectivity index (χ1v) is 11.8. The number of carbonyl (C=O) groups excluding carboxylic acids is 3. The Bertz CT molecular complexity index is 1140. The standard InChI is InChI=1S/C28H30N2O6/c1-3-30(4-2)27(32)21-14-16-22(17-15-21)29-26(31)20-36-28(33)24-12-8-9-13-25(24)35-19-18-34-23-10-6-5-7-11-23/h5-17H,3-4,18-20H2,1-2H3,(H,29,31). The van der Waals surface area contributed by atoms with Crippen molar-refractivity contribution in [3.05, 3.63) is 90.0 Å². The average Bonchev–Trinajstić information content (AvgIpc) is 2.91. The summed E-state index contributed by atoms with van der Waals surface area (Å²) < 4.78 is 16.5. The van der Waals surface area contributed by atoms with Crippen LogP contribution in [0.5, 0.6) is 11.5 Å². The van der Waals surface area contributed by atoms with Crippen LogP contribution in [0.3, 0.4) is 0 Å². The number of ether oxygens (including phenoxy) is 3. The molecular weight excluding hydrogens is 460 g/mol. The van der Waals surface area contributed by atoms with Crippen LogP contribution in [-0.2, 0) is 9.53 Å². The smallest absolute Gasteiger partial charge is 0.342 e. The van der Waals surface area contributed by atoms with Gasteiger partial charge < -0.3 is 24.4 Å². The number of esters is 1. The van der Waals surface area contributed by atoms with E-state index < -0.39 is 18.5 Å². The van der Waals surface area contributed by atoms with Gasteiger partial charge in [-0.05, 0) is 62.4 Å². The number of carbonyl (C=O) groups is 3. The van der Waals surface area contributed by atoms with Gasteiger partial charge in [-0.25, -0.2) is 4.79 Å². The minimum absolute atomic E-state index is 0.0701. The lowest BCUT2D eigenvalue weighted by Crippen LogP contribution is -2.30. The van der Waals surface area contributed by atoms with Crippen LogP contribution in [0.15, 0.2) is 78.9 Å². The third-order valence-corrected chi connectivity index (χ3v) is 5.26. The molecule has 2 amide bonds. The number of nitrogens with one attached hydrogen (secondary N) is 1. The highest BCUT2D eigenvalue weighted by Gasteiger charge is 2.16. The quantitative estimate of drug-likeness (QED) is 0.298. The predicted octanol–water partition coefficient (Wildman–Crippen LogP) is 4.42. The molecule has 0 saturated carbocycles. The molecule has 3 rings (SSSR count). The fraction of sp³-hybridized carbons (Fsp3) is 0.250. The molecule has 0 unspecified atom stereocenters. The number of benzene rings is 3. The molecule has 0 aliphatic heterocycles. The lowest BCUT2D eigenvalue weighted by atomic mass is 10.1. The van der Waals surface area contributed by atoms with Crippen molar-refractivity contribution in [2.45, 2.75) is 13.8 Å². The van der Waals surface area contributed by atoms with Crippen LogP contribution in [0, 0.1) is 0 Å². The molecule has 8 nitrogen and oxygen atoms in total. The number of anilines is 1. The minimum atomic E-state index is -0.676. The first-order chi connectivity index (χ1) is 17.5. The van der Waals surface area contributed by atoms with Gasteiger partial charge in [-0.2, -0.15) is 0 Å². The summed E-state index contributed by atoms with van der Waals surface area (Å²) in [4.78, 5) is 39.0. The normalized spacial score (nSPS) is 10.3. The zero-order valence-electron chi connectivity index (χ0n) is 20.4. The Labute approximate surface area is 210 Å². The number of amides is 2. The van der Waals surface area contributed by atoms with Crippen LogP contribution in [-0.4, -0.2) is 55.6 Å². The van der Waals surface area contributed by atoms with Gasteiger partial charge in [-0.1, -0.05) is 30.3 Å². The molecule has 0 atom stereocenters. The number of hydrogen-bond donors (Lipinski definition) is 1. The third kappa shape index (κ3) is 7.59. The molecule has 8 heteroatoms. The molecule has 1 N–H and O–H groups in total. The molecule has 3 aromatic rings. The van der Waals surface area contributed by atoms with E-state index in [0.29, 0.717) is 36.7 Å². The van der Waals surface area contributed by atoms with Gasteiger partial charge in [0, 0.05) is 24.3 Å². The lowest BCUT2D eigenvalue weighted by molar-refractivity contribution is -0.119. The molecule has 0 aromatic heterocycles. The van der Waals surface area contributed by atoms with Crippen molar-refractivity contribution in [3.8, 4) is 11.5 Å². The van der Waals surface area contributed by atoms with Crippen LogP contribution < -0.4 is 14.8 Å². The maximum absolute atomic E-state index is 12.6. The Morgan fingerprint density at radius 2 is 1.42 bits per heavy atom. The van der Waals surface area contributed by atoms with E-state index in [1.165, 1.54) is 0 Å². The molecule has 0 saturated heterocycles. The second-order valence-electron chi connectivity index (χ2n) is 7.69. The Morgan fingerprint density at radius 1 is 0.778 bits per heavy atom. The molecule has 3 aromatic carbocycles. The van der Waals surface area contributed by atoms with Crippen LogP contribution in [0.1, 0.15) is 34.6 Å². The van der Waals surface area contributed by atoms with Gasteiger partial charge >= 0.3 is 5.97 Å². The highest BCUT2D eigenvalue weighted by Crippen LogP contribution is 2.19. The average molecular weight is 491 g/mol. The summed E-state index contributed by atoms with van der Waals surface area (Å²) in [7, 11) is 0. The highest BCUT2D eigenvalue weighted by molar-refractivity contribution is 5.98. The molecular formula is C28H30N2O6. The molecule has 0 heterocycles. The second-order valence-corrected chi connectivity index (χ2v) is 7.69. The van der Waals surface area contributed by atoms with Crippen molar-refractivity contribution >= 4 is 23.5 Å². The molecule has 0 spiro atoms. The van der Waals surface area contributed by atoms with Gasteiger partial charge in [0.15, 0.2) is 6.61 Å². The summed E-state index contributed by atoms with van der Waals surface area (Å²) in [6, 6.07) is 22.6. The molecule has 0 bridgehead atoms. The van der Waals surface area contributed by atoms with Crippen LogP contribution in [0.4, 0.5) is 5.69 Å². The largest absolute Gasteiger partial charge is 0.490 e. The Morgan fingerprint density at radius 3 is 2.11 bits per heavy atom. The summed E-state index contributed by atoms with van der Waals surface area (Å²) in [5.41, 5.74) is 1.24. The van der Waals surface area contributed by atoms with Crippen LogP contribution >= 0.6 is 0 Å². The van der Waals surface area contributed by atoms with E-state index in [9.17, 15) is 14.4 Å². The maximum atomic E-state index is 12.6. The van der Waals surface area contributed by atoms with E-state index in [2.05, 4.69) is 5.32 Å². The first-order valence-electron chi connectivity index (χ1n) is 11.8. The monoisotopic (exact) mass is 490 g/mol. The van der Waals surface area contributed by atoms with Gasteiger partial charge in [0.05, 0.1) is 0 Å². The third-order valence-electron chi connectivity index (χ3n) is 5.26. The molecule has 188 valence electrons. The van der Waals surface area contributed by atoms with Gasteiger partial charge in [-0.15, -0.1) is 0 Å². The van der Waals surface area contributed by atoms with Crippen LogP contribution in [0.2, 0.25) is 0 Å². The SMILES string of the molecule is CCN(CC)C(=O)c1ccc(NC(=O)COC(=O)c2ccccc2OCCOc2ccccc2)cc1. The van der Waals surface area contributed by atoms with Crippen molar-refractivity contribution < 1.29 is 28.6 Å². The maximum Gasteiger partial charge on any atom is 0.342 e. The molecule has 0 fully saturated rings. The van der Waals surface area contributed by atoms with Crippen molar-refractivity contribution in [2.75, 3.05) is 38.2 Å². The number of rotatable bonds is 12. The zero-order valence-corrected chi connectivity index (χ0v) is 20.4. The van der Waals surface area contributed by atoms with E-state index in [4.69, 9.17) is 14.2 Å². The molecule has 0 aliphatic carbocycles. The summed E-state index contributed by atoms with van der Waals surface area (Å²) >= 11 is 0. The summed E-state index contributed by atoms with van der Waals surface area (Å²) in [5, 5.41) is 2.66. The van der Waals surface area contributed by atoms with E-state index in [0.717, 1.165) is 5.75 Å².